The van der Waals surface area contributed by atoms with Gasteiger partial charge >= 0.3 is 5.97 Å². The summed E-state index contributed by atoms with van der Waals surface area (Å²) in [5, 5.41) is 2.58. The van der Waals surface area contributed by atoms with E-state index in [-0.39, 0.29) is 22.8 Å². The summed E-state index contributed by atoms with van der Waals surface area (Å²) >= 11 is 0. The summed E-state index contributed by atoms with van der Waals surface area (Å²) < 4.78 is 41.2. The van der Waals surface area contributed by atoms with Crippen LogP contribution in [0.1, 0.15) is 23.0 Å². The zero-order chi connectivity index (χ0) is 20.9. The standard InChI is InChI=1S/C18H22N2O7S/c1-12(17(21)19-11-14-6-5-9-26-14)27-18(22)13-7-8-15(25-4)16(10-13)28(23,24)20(2)3/h5-10,12H,11H2,1-4H3,(H,19,21)/t12-/m0/s1. The van der Waals surface area contributed by atoms with E-state index in [2.05, 4.69) is 5.32 Å². The molecule has 0 radical (unpaired) electrons. The van der Waals surface area contributed by atoms with Crippen molar-refractivity contribution in [3.63, 3.8) is 0 Å². The van der Waals surface area contributed by atoms with Gasteiger partial charge in [0.15, 0.2) is 6.10 Å². The van der Waals surface area contributed by atoms with Gasteiger partial charge in [0.25, 0.3) is 5.91 Å². The Balaban J connectivity index is 2.12. The molecule has 0 bridgehead atoms. The molecule has 1 atom stereocenters. The predicted molar refractivity (Wildman–Crippen MR) is 99.3 cm³/mol. The summed E-state index contributed by atoms with van der Waals surface area (Å²) in [7, 11) is 0.216. The number of carbonyl (C=O) groups excluding carboxylic acids is 2. The first-order chi connectivity index (χ1) is 13.2. The molecule has 2 aromatic rings. The number of methoxy groups -OCH3 is 1. The van der Waals surface area contributed by atoms with Gasteiger partial charge in [-0.25, -0.2) is 17.5 Å². The largest absolute Gasteiger partial charge is 0.495 e. The number of nitrogens with zero attached hydrogens (tertiary/aromatic N) is 1. The number of benzene rings is 1. The normalized spacial score (nSPS) is 12.5. The highest BCUT2D eigenvalue weighted by Crippen LogP contribution is 2.27. The molecule has 0 aliphatic rings. The van der Waals surface area contributed by atoms with E-state index in [1.807, 2.05) is 0 Å². The number of rotatable bonds is 8. The van der Waals surface area contributed by atoms with Crippen molar-refractivity contribution >= 4 is 21.9 Å². The summed E-state index contributed by atoms with van der Waals surface area (Å²) in [5.41, 5.74) is -0.0214. The fourth-order valence-corrected chi connectivity index (χ4v) is 3.29. The molecule has 1 aromatic carbocycles. The Morgan fingerprint density at radius 3 is 2.54 bits per heavy atom. The zero-order valence-corrected chi connectivity index (χ0v) is 16.8. The monoisotopic (exact) mass is 410 g/mol. The van der Waals surface area contributed by atoms with Crippen molar-refractivity contribution in [2.24, 2.45) is 0 Å². The van der Waals surface area contributed by atoms with Gasteiger partial charge in [0.05, 0.1) is 25.5 Å². The quantitative estimate of drug-likeness (QED) is 0.654. The molecule has 0 saturated carbocycles. The van der Waals surface area contributed by atoms with Gasteiger partial charge in [0.1, 0.15) is 16.4 Å². The average molecular weight is 410 g/mol. The van der Waals surface area contributed by atoms with Crippen molar-refractivity contribution in [1.82, 2.24) is 9.62 Å². The summed E-state index contributed by atoms with van der Waals surface area (Å²) in [5.74, 6) is -0.701. The minimum atomic E-state index is -3.84. The van der Waals surface area contributed by atoms with Gasteiger partial charge in [0.2, 0.25) is 10.0 Å². The second-order valence-corrected chi connectivity index (χ2v) is 8.12. The van der Waals surface area contributed by atoms with E-state index >= 15 is 0 Å². The summed E-state index contributed by atoms with van der Waals surface area (Å²) in [6.45, 7) is 1.57. The number of furan rings is 1. The molecule has 0 aliphatic carbocycles. The van der Waals surface area contributed by atoms with Crippen LogP contribution in [0.4, 0.5) is 0 Å². The average Bonchev–Trinajstić information content (AvgIpc) is 3.18. The zero-order valence-electron chi connectivity index (χ0n) is 16.0. The lowest BCUT2D eigenvalue weighted by Gasteiger charge is -2.16. The Labute approximate surface area is 163 Å². The van der Waals surface area contributed by atoms with Gasteiger partial charge in [0, 0.05) is 14.1 Å². The molecule has 9 nitrogen and oxygen atoms in total. The molecule has 1 aromatic heterocycles. The number of amides is 1. The molecule has 2 rings (SSSR count). The van der Waals surface area contributed by atoms with Crippen LogP contribution in [0.5, 0.6) is 5.75 Å². The van der Waals surface area contributed by atoms with Gasteiger partial charge in [-0.2, -0.15) is 0 Å². The van der Waals surface area contributed by atoms with Gasteiger partial charge in [-0.3, -0.25) is 4.79 Å². The van der Waals surface area contributed by atoms with Crippen molar-refractivity contribution in [1.29, 1.82) is 0 Å². The van der Waals surface area contributed by atoms with Crippen LogP contribution in [0.3, 0.4) is 0 Å². The molecule has 0 fully saturated rings. The molecule has 28 heavy (non-hydrogen) atoms. The van der Waals surface area contributed by atoms with E-state index in [0.717, 1.165) is 10.4 Å². The van der Waals surface area contributed by atoms with Crippen molar-refractivity contribution in [3.8, 4) is 5.75 Å². The number of esters is 1. The van der Waals surface area contributed by atoms with Crippen molar-refractivity contribution in [2.45, 2.75) is 24.5 Å². The highest BCUT2D eigenvalue weighted by atomic mass is 32.2. The first-order valence-corrected chi connectivity index (χ1v) is 9.72. The van der Waals surface area contributed by atoms with Crippen molar-refractivity contribution in [2.75, 3.05) is 21.2 Å². The lowest BCUT2D eigenvalue weighted by atomic mass is 10.2. The van der Waals surface area contributed by atoms with Gasteiger partial charge in [-0.15, -0.1) is 0 Å². The van der Waals surface area contributed by atoms with Crippen LogP contribution in [0.15, 0.2) is 45.9 Å². The molecule has 1 heterocycles. The molecule has 0 aliphatic heterocycles. The summed E-state index contributed by atoms with van der Waals surface area (Å²) in [4.78, 5) is 24.3. The third-order valence-electron chi connectivity index (χ3n) is 3.83. The minimum Gasteiger partial charge on any atom is -0.495 e. The third kappa shape index (κ3) is 4.90. The predicted octanol–water partition coefficient (Wildman–Crippen LogP) is 1.40. The second-order valence-electron chi connectivity index (χ2n) is 6.00. The molecule has 10 heteroatoms. The Kier molecular flexibility index (Phi) is 6.81. The molecular formula is C18H22N2O7S. The van der Waals surface area contributed by atoms with Crippen LogP contribution >= 0.6 is 0 Å². The lowest BCUT2D eigenvalue weighted by Crippen LogP contribution is -2.35. The number of hydrogen-bond acceptors (Lipinski definition) is 7. The fourth-order valence-electron chi connectivity index (χ4n) is 2.22. The van der Waals surface area contributed by atoms with Crippen LogP contribution in [0.25, 0.3) is 0 Å². The van der Waals surface area contributed by atoms with E-state index in [1.54, 1.807) is 12.1 Å². The van der Waals surface area contributed by atoms with Gasteiger partial charge < -0.3 is 19.2 Å². The number of carbonyl (C=O) groups is 2. The Bertz CT molecular complexity index is 937. The lowest BCUT2D eigenvalue weighted by molar-refractivity contribution is -0.129. The SMILES string of the molecule is COc1ccc(C(=O)O[C@@H](C)C(=O)NCc2ccco2)cc1S(=O)(=O)N(C)C. The number of sulfonamides is 1. The van der Waals surface area contributed by atoms with Crippen LogP contribution in [-0.4, -0.2) is 51.9 Å². The molecule has 1 amide bonds. The number of hydrogen-bond donors (Lipinski definition) is 1. The first-order valence-electron chi connectivity index (χ1n) is 8.28. The number of nitrogens with one attached hydrogen (secondary N) is 1. The molecule has 1 N–H and O–H groups in total. The second kappa shape index (κ2) is 8.89. The maximum absolute atomic E-state index is 12.4. The van der Waals surface area contributed by atoms with Crippen molar-refractivity contribution in [3.05, 3.63) is 47.9 Å². The Hall–Kier alpha value is -2.85. The summed E-state index contributed by atoms with van der Waals surface area (Å²) in [6, 6.07) is 7.26. The topological polar surface area (TPSA) is 115 Å². The maximum Gasteiger partial charge on any atom is 0.338 e. The van der Waals surface area contributed by atoms with Crippen molar-refractivity contribution < 1.29 is 31.9 Å². The first kappa shape index (κ1) is 21.5. The van der Waals surface area contributed by atoms with E-state index in [9.17, 15) is 18.0 Å². The third-order valence-corrected chi connectivity index (χ3v) is 5.66. The van der Waals surface area contributed by atoms with Gasteiger partial charge in [-0.05, 0) is 37.3 Å². The molecule has 0 saturated heterocycles. The Morgan fingerprint density at radius 1 is 1.25 bits per heavy atom. The molecule has 152 valence electrons. The van der Waals surface area contributed by atoms with E-state index in [0.29, 0.717) is 5.76 Å². The van der Waals surface area contributed by atoms with Crippen LogP contribution in [0, 0.1) is 0 Å². The minimum absolute atomic E-state index is 0.0214. The van der Waals surface area contributed by atoms with Crippen LogP contribution in [0.2, 0.25) is 0 Å². The number of ether oxygens (including phenoxy) is 2. The molecule has 0 spiro atoms. The molecule has 0 unspecified atom stereocenters. The van der Waals surface area contributed by atoms with Crippen LogP contribution < -0.4 is 10.1 Å². The maximum atomic E-state index is 12.4. The summed E-state index contributed by atoms with van der Waals surface area (Å²) in [6.07, 6.45) is 0.395. The smallest absolute Gasteiger partial charge is 0.338 e. The van der Waals surface area contributed by atoms with Gasteiger partial charge in [-0.1, -0.05) is 0 Å². The highest BCUT2D eigenvalue weighted by molar-refractivity contribution is 7.89. The van der Waals surface area contributed by atoms with E-state index in [4.69, 9.17) is 13.9 Å². The Morgan fingerprint density at radius 2 is 1.96 bits per heavy atom. The highest BCUT2D eigenvalue weighted by Gasteiger charge is 2.25. The van der Waals surface area contributed by atoms with Crippen LogP contribution in [-0.2, 0) is 26.1 Å². The molecular weight excluding hydrogens is 388 g/mol. The van der Waals surface area contributed by atoms with E-state index < -0.39 is 28.0 Å². The fraction of sp³-hybridized carbons (Fsp3) is 0.333. The van der Waals surface area contributed by atoms with E-state index in [1.165, 1.54) is 46.5 Å².